The minimum absolute atomic E-state index is 0.00591. The van der Waals surface area contributed by atoms with E-state index in [0.29, 0.717) is 11.4 Å². The highest BCUT2D eigenvalue weighted by molar-refractivity contribution is 6.30. The van der Waals surface area contributed by atoms with Crippen LogP contribution in [-0.4, -0.2) is 45.5 Å². The largest absolute Gasteiger partial charge is 0.409 e. The number of amidine groups is 1. The van der Waals surface area contributed by atoms with Gasteiger partial charge in [0, 0.05) is 11.6 Å². The lowest BCUT2D eigenvalue weighted by Gasteiger charge is -2.31. The Morgan fingerprint density at radius 2 is 2.31 bits per heavy atom. The Kier molecular flexibility index (Phi) is 5.35. The summed E-state index contributed by atoms with van der Waals surface area (Å²) < 4.78 is 4.66. The van der Waals surface area contributed by atoms with E-state index in [2.05, 4.69) is 30.7 Å². The first-order chi connectivity index (χ1) is 12.5. The maximum absolute atomic E-state index is 12.0. The fraction of sp³-hybridized carbons (Fsp3) is 0.333. The minimum Gasteiger partial charge on any atom is -0.409 e. The van der Waals surface area contributed by atoms with Gasteiger partial charge in [0.2, 0.25) is 5.91 Å². The Labute approximate surface area is 153 Å². The van der Waals surface area contributed by atoms with Crippen molar-refractivity contribution >= 4 is 23.3 Å². The molecule has 0 fully saturated rings. The second-order valence-corrected chi connectivity index (χ2v) is 6.12. The van der Waals surface area contributed by atoms with E-state index in [4.69, 9.17) is 22.4 Å². The molecule has 6 N–H and O–H groups in total. The number of oxime groups is 1. The summed E-state index contributed by atoms with van der Waals surface area (Å²) in [7, 11) is 0. The molecule has 1 aromatic heterocycles. The van der Waals surface area contributed by atoms with Crippen molar-refractivity contribution in [1.82, 2.24) is 20.9 Å². The van der Waals surface area contributed by atoms with Gasteiger partial charge in [-0.25, -0.2) is 4.63 Å². The molecule has 1 unspecified atom stereocenters. The van der Waals surface area contributed by atoms with Gasteiger partial charge in [-0.15, -0.1) is 0 Å². The molecule has 1 amide bonds. The number of hydrogen-bond acceptors (Lipinski definition) is 8. The highest BCUT2D eigenvalue weighted by atomic mass is 35.5. The van der Waals surface area contributed by atoms with Crippen molar-refractivity contribution in [3.05, 3.63) is 45.7 Å². The molecule has 0 aliphatic heterocycles. The maximum atomic E-state index is 12.0. The standard InChI is InChI=1S/C15H17ClN6O4/c16-8-2-1-7-5-10(9(7)6-8)19-14(20-25)13-12(21-26-22-13)11(17)15(24)18-3-4-23/h1-2,6,10-11,23,25H,3-5,17H2,(H,18,24)(H,19,20)/t10-,11?/m0/s1. The summed E-state index contributed by atoms with van der Waals surface area (Å²) in [5.41, 5.74) is 7.98. The third-order valence-corrected chi connectivity index (χ3v) is 4.28. The van der Waals surface area contributed by atoms with Crippen LogP contribution in [0.5, 0.6) is 0 Å². The molecule has 26 heavy (non-hydrogen) atoms. The zero-order valence-corrected chi connectivity index (χ0v) is 14.3. The summed E-state index contributed by atoms with van der Waals surface area (Å²) in [5, 5.41) is 34.7. The summed E-state index contributed by atoms with van der Waals surface area (Å²) in [6.07, 6.45) is 0.704. The second-order valence-electron chi connectivity index (χ2n) is 5.68. The van der Waals surface area contributed by atoms with Gasteiger partial charge < -0.3 is 26.7 Å². The third kappa shape index (κ3) is 3.47. The number of nitrogens with zero attached hydrogens (tertiary/aromatic N) is 3. The van der Waals surface area contributed by atoms with E-state index >= 15 is 0 Å². The number of rotatable bonds is 6. The monoisotopic (exact) mass is 380 g/mol. The number of amides is 1. The Balaban J connectivity index is 1.76. The second kappa shape index (κ2) is 7.68. The van der Waals surface area contributed by atoms with E-state index in [1.807, 2.05) is 12.1 Å². The molecule has 0 radical (unpaired) electrons. The smallest absolute Gasteiger partial charge is 0.243 e. The van der Waals surface area contributed by atoms with Gasteiger partial charge in [-0.05, 0) is 34.8 Å². The Morgan fingerprint density at radius 3 is 3.04 bits per heavy atom. The zero-order chi connectivity index (χ0) is 18.7. The lowest BCUT2D eigenvalue weighted by Crippen LogP contribution is -2.39. The lowest BCUT2D eigenvalue weighted by molar-refractivity contribution is -0.122. The van der Waals surface area contributed by atoms with Crippen LogP contribution in [-0.2, 0) is 11.2 Å². The molecule has 1 heterocycles. The molecule has 138 valence electrons. The maximum Gasteiger partial charge on any atom is 0.243 e. The molecule has 10 nitrogen and oxygen atoms in total. The molecule has 2 atom stereocenters. The summed E-state index contributed by atoms with van der Waals surface area (Å²) in [5.74, 6) is -0.601. The minimum atomic E-state index is -1.20. The van der Waals surface area contributed by atoms with Crippen molar-refractivity contribution in [3.8, 4) is 0 Å². The number of carbonyl (C=O) groups excluding carboxylic acids is 1. The lowest BCUT2D eigenvalue weighted by atomic mass is 9.83. The van der Waals surface area contributed by atoms with Crippen molar-refractivity contribution in [1.29, 1.82) is 0 Å². The molecule has 0 saturated heterocycles. The fourth-order valence-corrected chi connectivity index (χ4v) is 2.87. The van der Waals surface area contributed by atoms with Gasteiger partial charge in [-0.2, -0.15) is 0 Å². The molecule has 0 saturated carbocycles. The summed E-state index contributed by atoms with van der Waals surface area (Å²) in [6, 6.07) is 4.21. The van der Waals surface area contributed by atoms with Gasteiger partial charge in [0.25, 0.3) is 0 Å². The van der Waals surface area contributed by atoms with Crippen LogP contribution in [0.25, 0.3) is 0 Å². The molecular formula is C15H17ClN6O4. The summed E-state index contributed by atoms with van der Waals surface area (Å²) in [6.45, 7) is -0.178. The van der Waals surface area contributed by atoms with Gasteiger partial charge in [0.1, 0.15) is 11.7 Å². The molecular weight excluding hydrogens is 364 g/mol. The predicted octanol–water partition coefficient (Wildman–Crippen LogP) is -0.146. The number of aromatic nitrogens is 2. The number of benzene rings is 1. The van der Waals surface area contributed by atoms with Crippen LogP contribution in [0.1, 0.15) is 34.6 Å². The number of hydrogen-bond donors (Lipinski definition) is 5. The predicted molar refractivity (Wildman–Crippen MR) is 90.7 cm³/mol. The summed E-state index contributed by atoms with van der Waals surface area (Å²) >= 11 is 6.01. The molecule has 0 spiro atoms. The van der Waals surface area contributed by atoms with Crippen LogP contribution >= 0.6 is 11.6 Å². The van der Waals surface area contributed by atoms with E-state index in [1.54, 1.807) is 6.07 Å². The molecule has 1 aliphatic rings. The molecule has 1 aromatic carbocycles. The number of aliphatic hydroxyl groups excluding tert-OH is 1. The normalized spacial score (nSPS) is 17.2. The van der Waals surface area contributed by atoms with Crippen LogP contribution < -0.4 is 16.4 Å². The number of fused-ring (bicyclic) bond motifs is 1. The van der Waals surface area contributed by atoms with E-state index in [1.165, 1.54) is 0 Å². The molecule has 1 aliphatic carbocycles. The van der Waals surface area contributed by atoms with E-state index in [0.717, 1.165) is 11.1 Å². The number of nitrogens with two attached hydrogens (primary N) is 1. The average Bonchev–Trinajstić information content (AvgIpc) is 3.11. The zero-order valence-electron chi connectivity index (χ0n) is 13.5. The van der Waals surface area contributed by atoms with Gasteiger partial charge in [0.05, 0.1) is 12.6 Å². The van der Waals surface area contributed by atoms with Gasteiger partial charge >= 0.3 is 0 Å². The van der Waals surface area contributed by atoms with Crippen LogP contribution in [0.3, 0.4) is 0 Å². The van der Waals surface area contributed by atoms with Crippen LogP contribution in [0.4, 0.5) is 0 Å². The van der Waals surface area contributed by atoms with Crippen LogP contribution in [0.2, 0.25) is 5.02 Å². The van der Waals surface area contributed by atoms with Crippen molar-refractivity contribution in [2.24, 2.45) is 10.9 Å². The van der Waals surface area contributed by atoms with Gasteiger partial charge in [-0.3, -0.25) is 4.79 Å². The highest BCUT2D eigenvalue weighted by Crippen LogP contribution is 2.35. The Bertz CT molecular complexity index is 839. The first-order valence-corrected chi connectivity index (χ1v) is 8.16. The first-order valence-electron chi connectivity index (χ1n) is 7.79. The Morgan fingerprint density at radius 1 is 1.50 bits per heavy atom. The number of halogens is 1. The number of aliphatic hydroxyl groups is 1. The van der Waals surface area contributed by atoms with Gasteiger partial charge in [-0.1, -0.05) is 28.0 Å². The van der Waals surface area contributed by atoms with Crippen LogP contribution in [0.15, 0.2) is 28.0 Å². The fourth-order valence-electron chi connectivity index (χ4n) is 2.69. The summed E-state index contributed by atoms with van der Waals surface area (Å²) in [4.78, 5) is 12.0. The quantitative estimate of drug-likeness (QED) is 0.200. The number of nitrogens with one attached hydrogen (secondary N) is 2. The van der Waals surface area contributed by atoms with Gasteiger partial charge in [0.15, 0.2) is 11.5 Å². The Hall–Kier alpha value is -2.69. The van der Waals surface area contributed by atoms with Crippen molar-refractivity contribution in [2.75, 3.05) is 13.2 Å². The third-order valence-electron chi connectivity index (χ3n) is 4.04. The van der Waals surface area contributed by atoms with E-state index in [-0.39, 0.29) is 36.4 Å². The van der Waals surface area contributed by atoms with E-state index in [9.17, 15) is 10.0 Å². The van der Waals surface area contributed by atoms with Crippen molar-refractivity contribution in [3.63, 3.8) is 0 Å². The first kappa shape index (κ1) is 18.1. The SMILES string of the molecule is NC(C(=O)NCCO)c1nonc1/C(=N\O)N[C@H]1Cc2ccc(Cl)cc21. The average molecular weight is 381 g/mol. The van der Waals surface area contributed by atoms with Crippen molar-refractivity contribution in [2.45, 2.75) is 18.5 Å². The molecule has 0 bridgehead atoms. The van der Waals surface area contributed by atoms with E-state index < -0.39 is 11.9 Å². The highest BCUT2D eigenvalue weighted by Gasteiger charge is 2.32. The molecule has 11 heteroatoms. The molecule has 3 rings (SSSR count). The van der Waals surface area contributed by atoms with Crippen molar-refractivity contribution < 1.29 is 19.7 Å². The number of carbonyl (C=O) groups is 1. The molecule has 2 aromatic rings. The van der Waals surface area contributed by atoms with Crippen LogP contribution in [0, 0.1) is 0 Å². The topological polar surface area (TPSA) is 159 Å².